The lowest BCUT2D eigenvalue weighted by molar-refractivity contribution is -0.139. The van der Waals surface area contributed by atoms with E-state index in [-0.39, 0.29) is 53.1 Å². The van der Waals surface area contributed by atoms with Gasteiger partial charge in [-0.05, 0) is 96.0 Å². The first-order valence-corrected chi connectivity index (χ1v) is 20.9. The number of likely N-dealkylation sites (tertiary alicyclic amines) is 2. The van der Waals surface area contributed by atoms with Crippen molar-refractivity contribution in [1.82, 2.24) is 35.4 Å². The van der Waals surface area contributed by atoms with Gasteiger partial charge in [-0.25, -0.2) is 14.6 Å². The molecule has 3 fully saturated rings. The van der Waals surface area contributed by atoms with E-state index in [0.29, 0.717) is 29.0 Å². The van der Waals surface area contributed by atoms with E-state index in [1.165, 1.54) is 14.2 Å². The molecule has 2 bridgehead atoms. The number of H-pyrrole nitrogens is 2. The van der Waals surface area contributed by atoms with Crippen LogP contribution in [0, 0.1) is 17.8 Å². The van der Waals surface area contributed by atoms with Crippen molar-refractivity contribution < 1.29 is 28.7 Å². The number of nitrogens with zero attached hydrogens (tertiary/aromatic N) is 3. The van der Waals surface area contributed by atoms with Crippen molar-refractivity contribution in [3.8, 4) is 22.4 Å². The third-order valence-corrected chi connectivity index (χ3v) is 12.7. The van der Waals surface area contributed by atoms with Crippen molar-refractivity contribution >= 4 is 45.7 Å². The molecule has 314 valence electrons. The molecule has 5 aromatic rings. The minimum absolute atomic E-state index is 0.0429. The molecule has 2 saturated heterocycles. The monoisotopic (exact) mass is 815 g/mol. The van der Waals surface area contributed by atoms with E-state index < -0.39 is 24.3 Å². The van der Waals surface area contributed by atoms with E-state index in [1.54, 1.807) is 17.2 Å². The number of carbonyl (C=O) groups is 4. The average molecular weight is 816 g/mol. The Bertz CT molecular complexity index is 2530. The number of carbonyl (C=O) groups excluding carboxylic acids is 4. The fourth-order valence-corrected chi connectivity index (χ4v) is 9.62. The number of alkyl carbamates (subject to hydrolysis) is 2. The summed E-state index contributed by atoms with van der Waals surface area (Å²) in [6.07, 6.45) is 4.83. The summed E-state index contributed by atoms with van der Waals surface area (Å²) in [7, 11) is 2.57. The first-order chi connectivity index (χ1) is 28.8. The molecule has 1 aliphatic carbocycles. The molecule has 14 heteroatoms. The van der Waals surface area contributed by atoms with Gasteiger partial charge in [0, 0.05) is 35.3 Å². The number of amides is 4. The first-order valence-electron chi connectivity index (χ1n) is 20.9. The van der Waals surface area contributed by atoms with Crippen molar-refractivity contribution in [3.63, 3.8) is 0 Å². The largest absolute Gasteiger partial charge is 0.453 e. The second-order valence-electron chi connectivity index (χ2n) is 17.1. The van der Waals surface area contributed by atoms with E-state index in [1.807, 2.05) is 56.9 Å². The van der Waals surface area contributed by atoms with Crippen molar-refractivity contribution in [2.45, 2.75) is 90.0 Å². The highest BCUT2D eigenvalue weighted by atomic mass is 16.5. The highest BCUT2D eigenvalue weighted by molar-refractivity contribution is 5.92. The SMILES string of the molecule is COC(=O)N[C@H](C(=O)N1CCC[C@H]1c1ncc(-c2ccc3cc(-c4ccc5c(=O)cc(C6[C@H]7CC[C@H](C7)N6C(=O)[C@@H](NC(=O)OC)C(C)C)[nH]c5c4)ccc3c2)[nH]1)C(C)C. The topological polar surface area (TPSA) is 179 Å². The van der Waals surface area contributed by atoms with Gasteiger partial charge in [0.2, 0.25) is 11.8 Å². The van der Waals surface area contributed by atoms with Crippen LogP contribution in [0.1, 0.15) is 83.4 Å². The summed E-state index contributed by atoms with van der Waals surface area (Å²) in [5.41, 5.74) is 5.04. The summed E-state index contributed by atoms with van der Waals surface area (Å²) in [5, 5.41) is 8.09. The number of fused-ring (bicyclic) bond motifs is 4. The second kappa shape index (κ2) is 16.5. The van der Waals surface area contributed by atoms with Gasteiger partial charge >= 0.3 is 12.2 Å². The Balaban J connectivity index is 1.03. The van der Waals surface area contributed by atoms with E-state index in [4.69, 9.17) is 14.5 Å². The summed E-state index contributed by atoms with van der Waals surface area (Å²) in [6.45, 7) is 8.17. The number of nitrogens with one attached hydrogen (secondary N) is 4. The first kappa shape index (κ1) is 40.6. The number of imidazole rings is 1. The van der Waals surface area contributed by atoms with Crippen LogP contribution in [0.2, 0.25) is 0 Å². The van der Waals surface area contributed by atoms with Gasteiger partial charge in [-0.15, -0.1) is 0 Å². The minimum Gasteiger partial charge on any atom is -0.453 e. The number of methoxy groups -OCH3 is 2. The fourth-order valence-electron chi connectivity index (χ4n) is 9.62. The maximum Gasteiger partial charge on any atom is 0.407 e. The zero-order chi connectivity index (χ0) is 42.4. The summed E-state index contributed by atoms with van der Waals surface area (Å²) in [5.74, 6) is 0.330. The highest BCUT2D eigenvalue weighted by Gasteiger charge is 2.51. The predicted octanol–water partition coefficient (Wildman–Crippen LogP) is 7.22. The van der Waals surface area contributed by atoms with E-state index in [2.05, 4.69) is 50.9 Å². The Morgan fingerprint density at radius 3 is 2.08 bits per heavy atom. The van der Waals surface area contributed by atoms with Crippen molar-refractivity contribution in [2.75, 3.05) is 20.8 Å². The van der Waals surface area contributed by atoms with Gasteiger partial charge in [0.1, 0.15) is 17.9 Å². The van der Waals surface area contributed by atoms with Crippen LogP contribution in [0.3, 0.4) is 0 Å². The summed E-state index contributed by atoms with van der Waals surface area (Å²) < 4.78 is 9.60. The van der Waals surface area contributed by atoms with Crippen LogP contribution in [-0.4, -0.2) is 87.6 Å². The Labute approximate surface area is 348 Å². The molecular weight excluding hydrogens is 763 g/mol. The van der Waals surface area contributed by atoms with Gasteiger partial charge in [-0.3, -0.25) is 14.4 Å². The van der Waals surface area contributed by atoms with Gasteiger partial charge in [0.05, 0.1) is 43.7 Å². The molecule has 2 aliphatic heterocycles. The van der Waals surface area contributed by atoms with Gasteiger partial charge in [-0.2, -0.15) is 0 Å². The standard InChI is InChI=1S/C46H53N7O7/c1-24(2)39(50-45(57)59-5)43(55)52-17-7-8-37(52)42-47-23-36(49-42)30-12-11-26-18-27(9-10-28(26)19-30)29-14-16-33-34(21-29)48-35(22-38(33)54)41-31-13-15-32(20-31)53(41)44(56)40(25(3)4)51-46(58)60-6/h9-12,14,16,18-19,21-25,31-32,37,39-41H,7-8,13,15,17,20H2,1-6H3,(H,47,49)(H,48,54)(H,50,57)(H,51,58)/t31-,32+,37-,39-,40-,41?/m0/s1. The average Bonchev–Trinajstić information content (AvgIpc) is 4.08. The Hall–Kier alpha value is -6.18. The zero-order valence-corrected chi connectivity index (χ0v) is 34.9. The smallest absolute Gasteiger partial charge is 0.407 e. The molecule has 1 saturated carbocycles. The van der Waals surface area contributed by atoms with Crippen LogP contribution in [0.15, 0.2) is 71.7 Å². The van der Waals surface area contributed by atoms with Gasteiger partial charge < -0.3 is 39.9 Å². The summed E-state index contributed by atoms with van der Waals surface area (Å²) in [6, 6.07) is 18.0. The quantitative estimate of drug-likeness (QED) is 0.114. The lowest BCUT2D eigenvalue weighted by atomic mass is 9.93. The van der Waals surface area contributed by atoms with Gasteiger partial charge in [-0.1, -0.05) is 58.0 Å². The van der Waals surface area contributed by atoms with Crippen molar-refractivity contribution in [1.29, 1.82) is 0 Å². The Morgan fingerprint density at radius 2 is 1.40 bits per heavy atom. The van der Waals surface area contributed by atoms with Crippen LogP contribution >= 0.6 is 0 Å². The van der Waals surface area contributed by atoms with Crippen LogP contribution < -0.4 is 16.1 Å². The third-order valence-electron chi connectivity index (χ3n) is 12.7. The number of benzene rings is 3. The molecule has 4 amide bonds. The number of rotatable bonds is 10. The number of hydrogen-bond acceptors (Lipinski definition) is 8. The molecule has 6 atom stereocenters. The Morgan fingerprint density at radius 1 is 0.767 bits per heavy atom. The number of ether oxygens (including phenoxy) is 2. The molecule has 0 spiro atoms. The molecule has 8 rings (SSSR count). The molecule has 4 heterocycles. The van der Waals surface area contributed by atoms with Crippen LogP contribution in [0.4, 0.5) is 9.59 Å². The third kappa shape index (κ3) is 7.59. The summed E-state index contributed by atoms with van der Waals surface area (Å²) in [4.78, 5) is 81.0. The number of pyridine rings is 1. The summed E-state index contributed by atoms with van der Waals surface area (Å²) >= 11 is 0. The predicted molar refractivity (Wildman–Crippen MR) is 228 cm³/mol. The number of hydrogen-bond donors (Lipinski definition) is 4. The molecule has 2 aromatic heterocycles. The van der Waals surface area contributed by atoms with Crippen molar-refractivity contribution in [3.05, 3.63) is 88.6 Å². The number of aromatic amines is 2. The van der Waals surface area contributed by atoms with E-state index >= 15 is 0 Å². The molecule has 0 radical (unpaired) electrons. The van der Waals surface area contributed by atoms with Crippen LogP contribution in [0.25, 0.3) is 44.1 Å². The molecular formula is C46H53N7O7. The second-order valence-corrected chi connectivity index (χ2v) is 17.1. The molecule has 60 heavy (non-hydrogen) atoms. The molecule has 1 unspecified atom stereocenters. The molecule has 3 aliphatic rings. The lowest BCUT2D eigenvalue weighted by Gasteiger charge is -2.38. The Kier molecular flexibility index (Phi) is 11.1. The minimum atomic E-state index is -0.749. The lowest BCUT2D eigenvalue weighted by Crippen LogP contribution is -2.54. The maximum atomic E-state index is 14.1. The van der Waals surface area contributed by atoms with E-state index in [0.717, 1.165) is 65.3 Å². The van der Waals surface area contributed by atoms with E-state index in [9.17, 15) is 24.0 Å². The van der Waals surface area contributed by atoms with Crippen molar-refractivity contribution in [2.24, 2.45) is 17.8 Å². The maximum absolute atomic E-state index is 14.1. The molecule has 14 nitrogen and oxygen atoms in total. The molecule has 3 aromatic carbocycles. The highest BCUT2D eigenvalue weighted by Crippen LogP contribution is 2.50. The van der Waals surface area contributed by atoms with Crippen LogP contribution in [-0.2, 0) is 19.1 Å². The zero-order valence-electron chi connectivity index (χ0n) is 34.9. The fraction of sp³-hybridized carbons (Fsp3) is 0.435. The number of piperidine rings is 1. The molecule has 4 N–H and O–H groups in total. The van der Waals surface area contributed by atoms with Gasteiger partial charge in [0.25, 0.3) is 0 Å². The van der Waals surface area contributed by atoms with Gasteiger partial charge in [0.15, 0.2) is 5.43 Å². The van der Waals surface area contributed by atoms with Crippen LogP contribution in [0.5, 0.6) is 0 Å². The number of aromatic nitrogens is 3. The normalized spacial score (nSPS) is 20.9.